The minimum absolute atomic E-state index is 0.228. The van der Waals surface area contributed by atoms with Crippen LogP contribution in [0.15, 0.2) is 36.8 Å². The summed E-state index contributed by atoms with van der Waals surface area (Å²) in [7, 11) is 0. The molecule has 26 heavy (non-hydrogen) atoms. The molecule has 0 spiro atoms. The first-order valence-electron chi connectivity index (χ1n) is 8.61. The highest BCUT2D eigenvalue weighted by Crippen LogP contribution is 2.20. The molecule has 0 aliphatic carbocycles. The number of anilines is 1. The highest BCUT2D eigenvalue weighted by atomic mass is 19.1. The molecule has 3 aromatic heterocycles. The van der Waals surface area contributed by atoms with Crippen LogP contribution in [-0.2, 0) is 4.79 Å². The Balaban J connectivity index is 1.56. The van der Waals surface area contributed by atoms with E-state index in [1.807, 2.05) is 6.07 Å². The van der Waals surface area contributed by atoms with Gasteiger partial charge in [0.15, 0.2) is 5.82 Å². The van der Waals surface area contributed by atoms with Crippen molar-refractivity contribution < 1.29 is 9.18 Å². The van der Waals surface area contributed by atoms with Crippen LogP contribution in [0.3, 0.4) is 0 Å². The molecule has 8 heteroatoms. The van der Waals surface area contributed by atoms with Gasteiger partial charge in [0.05, 0.1) is 12.7 Å². The van der Waals surface area contributed by atoms with Gasteiger partial charge in [-0.05, 0) is 37.6 Å². The molecule has 0 saturated carbocycles. The predicted molar refractivity (Wildman–Crippen MR) is 95.3 cm³/mol. The van der Waals surface area contributed by atoms with Crippen LogP contribution in [0.4, 0.5) is 10.2 Å². The molecule has 1 unspecified atom stereocenters. The van der Waals surface area contributed by atoms with E-state index in [1.54, 1.807) is 22.9 Å². The number of halogens is 1. The fourth-order valence-electron chi connectivity index (χ4n) is 3.34. The van der Waals surface area contributed by atoms with Crippen LogP contribution in [-0.4, -0.2) is 56.2 Å². The summed E-state index contributed by atoms with van der Waals surface area (Å²) in [6, 6.07) is 5.03. The van der Waals surface area contributed by atoms with Gasteiger partial charge in [-0.1, -0.05) is 0 Å². The van der Waals surface area contributed by atoms with Crippen LogP contribution in [0.5, 0.6) is 0 Å². The molecule has 1 N–H and O–H groups in total. The first-order valence-corrected chi connectivity index (χ1v) is 8.61. The van der Waals surface area contributed by atoms with Crippen molar-refractivity contribution in [3.63, 3.8) is 0 Å². The molecule has 0 aromatic carbocycles. The molecule has 0 bridgehead atoms. The largest absolute Gasteiger partial charge is 0.366 e. The number of hydrogen-bond donors (Lipinski definition) is 1. The van der Waals surface area contributed by atoms with Crippen molar-refractivity contribution in [3.05, 3.63) is 42.6 Å². The molecular formula is C18H19FN6O. The van der Waals surface area contributed by atoms with Crippen LogP contribution in [0.2, 0.25) is 0 Å². The molecule has 4 rings (SSSR count). The van der Waals surface area contributed by atoms with Crippen molar-refractivity contribution in [2.75, 3.05) is 25.0 Å². The zero-order valence-electron chi connectivity index (χ0n) is 14.2. The maximum absolute atomic E-state index is 13.6. The maximum Gasteiger partial charge on any atom is 0.180 e. The van der Waals surface area contributed by atoms with Crippen molar-refractivity contribution in [2.45, 2.75) is 18.9 Å². The number of piperidine rings is 1. The Hall–Kier alpha value is -2.87. The summed E-state index contributed by atoms with van der Waals surface area (Å²) in [5.74, 6) is 0.844. The van der Waals surface area contributed by atoms with Crippen LogP contribution >= 0.6 is 0 Å². The molecular weight excluding hydrogens is 335 g/mol. The predicted octanol–water partition coefficient (Wildman–Crippen LogP) is 2.01. The molecule has 1 atom stereocenters. The van der Waals surface area contributed by atoms with Gasteiger partial charge in [0.25, 0.3) is 0 Å². The number of aromatic nitrogens is 4. The first-order chi connectivity index (χ1) is 12.7. The molecule has 4 heterocycles. The third kappa shape index (κ3) is 3.41. The quantitative estimate of drug-likeness (QED) is 0.707. The second-order valence-electron chi connectivity index (χ2n) is 6.39. The minimum Gasteiger partial charge on any atom is -0.366 e. The molecule has 1 saturated heterocycles. The van der Waals surface area contributed by atoms with Gasteiger partial charge in [-0.3, -0.25) is 9.30 Å². The molecule has 1 aliphatic heterocycles. The van der Waals surface area contributed by atoms with Gasteiger partial charge in [-0.15, -0.1) is 0 Å². The SMILES string of the molecule is O=CCN1CCCC(Nc2ccnc(-c3cnc4ccc(F)cn34)n2)C1. The van der Waals surface area contributed by atoms with Gasteiger partial charge in [-0.2, -0.15) is 0 Å². The summed E-state index contributed by atoms with van der Waals surface area (Å²) in [5, 5.41) is 3.42. The molecule has 3 aromatic rings. The number of pyridine rings is 1. The lowest BCUT2D eigenvalue weighted by Crippen LogP contribution is -2.42. The van der Waals surface area contributed by atoms with Crippen LogP contribution in [0, 0.1) is 5.82 Å². The highest BCUT2D eigenvalue weighted by molar-refractivity contribution is 5.58. The van der Waals surface area contributed by atoms with E-state index in [9.17, 15) is 9.18 Å². The fraction of sp³-hybridized carbons (Fsp3) is 0.333. The number of carbonyl (C=O) groups excluding carboxylic acids is 1. The Morgan fingerprint density at radius 3 is 3.12 bits per heavy atom. The number of fused-ring (bicyclic) bond motifs is 1. The Morgan fingerprint density at radius 1 is 1.31 bits per heavy atom. The lowest BCUT2D eigenvalue weighted by molar-refractivity contribution is -0.109. The molecule has 134 valence electrons. The van der Waals surface area contributed by atoms with Gasteiger partial charge in [-0.25, -0.2) is 19.3 Å². The number of likely N-dealkylation sites (tertiary alicyclic amines) is 1. The van der Waals surface area contributed by atoms with Crippen LogP contribution in [0.1, 0.15) is 12.8 Å². The third-order valence-corrected chi connectivity index (χ3v) is 4.54. The summed E-state index contributed by atoms with van der Waals surface area (Å²) in [6.45, 7) is 2.21. The zero-order valence-corrected chi connectivity index (χ0v) is 14.2. The lowest BCUT2D eigenvalue weighted by atomic mass is 10.1. The number of aldehydes is 1. The van der Waals surface area contributed by atoms with E-state index >= 15 is 0 Å². The van der Waals surface area contributed by atoms with Crippen molar-refractivity contribution in [1.29, 1.82) is 0 Å². The second kappa shape index (κ2) is 7.17. The zero-order chi connectivity index (χ0) is 17.9. The van der Waals surface area contributed by atoms with Gasteiger partial charge in [0, 0.05) is 25.0 Å². The normalized spacial score (nSPS) is 18.1. The van der Waals surface area contributed by atoms with Gasteiger partial charge in [0.2, 0.25) is 0 Å². The Bertz CT molecular complexity index is 927. The Morgan fingerprint density at radius 2 is 2.23 bits per heavy atom. The summed E-state index contributed by atoms with van der Waals surface area (Å²) in [4.78, 5) is 26.0. The molecule has 1 aliphatic rings. The van der Waals surface area contributed by atoms with E-state index in [0.717, 1.165) is 32.2 Å². The van der Waals surface area contributed by atoms with Crippen LogP contribution < -0.4 is 5.32 Å². The summed E-state index contributed by atoms with van der Waals surface area (Å²) in [5.41, 5.74) is 1.27. The average Bonchev–Trinajstić information content (AvgIpc) is 3.05. The van der Waals surface area contributed by atoms with Crippen molar-refractivity contribution in [2.24, 2.45) is 0 Å². The van der Waals surface area contributed by atoms with E-state index in [1.165, 1.54) is 12.3 Å². The fourth-order valence-corrected chi connectivity index (χ4v) is 3.34. The van der Waals surface area contributed by atoms with Gasteiger partial charge < -0.3 is 10.1 Å². The number of nitrogens with zero attached hydrogens (tertiary/aromatic N) is 5. The summed E-state index contributed by atoms with van der Waals surface area (Å²) < 4.78 is 15.2. The van der Waals surface area contributed by atoms with E-state index in [4.69, 9.17) is 0 Å². The van der Waals surface area contributed by atoms with Crippen molar-refractivity contribution in [3.8, 4) is 11.5 Å². The number of rotatable bonds is 5. The molecule has 7 nitrogen and oxygen atoms in total. The van der Waals surface area contributed by atoms with E-state index in [2.05, 4.69) is 25.2 Å². The number of hydrogen-bond acceptors (Lipinski definition) is 6. The topological polar surface area (TPSA) is 75.4 Å². The standard InChI is InChI=1S/C18H19FN6O/c19-13-3-4-17-21-10-15(25(17)11-13)18-20-6-5-16(23-18)22-14-2-1-7-24(12-14)8-9-26/h3-6,9-11,14H,1-2,7-8,12H2,(H,20,22,23). The van der Waals surface area contributed by atoms with E-state index in [-0.39, 0.29) is 11.9 Å². The van der Waals surface area contributed by atoms with Crippen LogP contribution in [0.25, 0.3) is 17.2 Å². The second-order valence-corrected chi connectivity index (χ2v) is 6.39. The Labute approximate surface area is 149 Å². The monoisotopic (exact) mass is 354 g/mol. The highest BCUT2D eigenvalue weighted by Gasteiger charge is 2.20. The molecule has 0 radical (unpaired) electrons. The Kier molecular flexibility index (Phi) is 4.57. The maximum atomic E-state index is 13.6. The van der Waals surface area contributed by atoms with E-state index < -0.39 is 0 Å². The number of imidazole rings is 1. The third-order valence-electron chi connectivity index (χ3n) is 4.54. The van der Waals surface area contributed by atoms with Crippen molar-refractivity contribution >= 4 is 17.8 Å². The summed E-state index contributed by atoms with van der Waals surface area (Å²) in [6.07, 6.45) is 7.69. The molecule has 1 fully saturated rings. The lowest BCUT2D eigenvalue weighted by Gasteiger charge is -2.32. The van der Waals surface area contributed by atoms with E-state index in [0.29, 0.717) is 29.5 Å². The smallest absolute Gasteiger partial charge is 0.180 e. The first kappa shape index (κ1) is 16.6. The average molecular weight is 354 g/mol. The van der Waals surface area contributed by atoms with Gasteiger partial charge >= 0.3 is 0 Å². The van der Waals surface area contributed by atoms with Crippen molar-refractivity contribution in [1.82, 2.24) is 24.3 Å². The summed E-state index contributed by atoms with van der Waals surface area (Å²) >= 11 is 0. The number of nitrogens with one attached hydrogen (secondary N) is 1. The molecule has 0 amide bonds. The van der Waals surface area contributed by atoms with Gasteiger partial charge in [0.1, 0.15) is 29.3 Å². The number of carbonyl (C=O) groups is 1. The minimum atomic E-state index is -0.344.